The summed E-state index contributed by atoms with van der Waals surface area (Å²) in [5.74, 6) is -3.15. The predicted octanol–water partition coefficient (Wildman–Crippen LogP) is -1.20. The van der Waals surface area contributed by atoms with Gasteiger partial charge >= 0.3 is 11.9 Å². The molecule has 0 aromatic heterocycles. The first-order valence-corrected chi connectivity index (χ1v) is 4.71. The van der Waals surface area contributed by atoms with E-state index in [4.69, 9.17) is 21.7 Å². The Hall–Kier alpha value is -1.47. The standard InChI is InChI=1S/C9H16N2O5/c1-9(4-10,8(15)16)6(12)3-2-5(11)7(13)14/h5H,2-4,10-11H2,1H3,(H,13,14)(H,15,16)/t5-,9?/m0/s1. The van der Waals surface area contributed by atoms with E-state index >= 15 is 0 Å². The van der Waals surface area contributed by atoms with E-state index in [0.717, 1.165) is 0 Å². The van der Waals surface area contributed by atoms with Gasteiger partial charge in [-0.25, -0.2) is 0 Å². The maximum absolute atomic E-state index is 11.6. The minimum absolute atomic E-state index is 0.100. The Morgan fingerprint density at radius 1 is 1.31 bits per heavy atom. The van der Waals surface area contributed by atoms with Gasteiger partial charge in [0.2, 0.25) is 0 Å². The number of ketones is 1. The Morgan fingerprint density at radius 2 is 1.81 bits per heavy atom. The normalized spacial score (nSPS) is 16.2. The zero-order valence-electron chi connectivity index (χ0n) is 8.97. The molecule has 0 rings (SSSR count). The second kappa shape index (κ2) is 5.57. The van der Waals surface area contributed by atoms with Gasteiger partial charge in [-0.1, -0.05) is 0 Å². The summed E-state index contributed by atoms with van der Waals surface area (Å²) in [7, 11) is 0. The lowest BCUT2D eigenvalue weighted by atomic mass is 9.83. The zero-order chi connectivity index (χ0) is 12.9. The Kier molecular flexibility index (Phi) is 5.06. The molecule has 0 aliphatic carbocycles. The lowest BCUT2D eigenvalue weighted by Gasteiger charge is -2.21. The van der Waals surface area contributed by atoms with Crippen LogP contribution >= 0.6 is 0 Å². The average molecular weight is 232 g/mol. The molecule has 16 heavy (non-hydrogen) atoms. The van der Waals surface area contributed by atoms with Crippen molar-refractivity contribution >= 4 is 17.7 Å². The molecule has 6 N–H and O–H groups in total. The third kappa shape index (κ3) is 3.28. The molecule has 0 spiro atoms. The molecule has 92 valence electrons. The molecule has 2 atom stereocenters. The number of rotatable bonds is 7. The van der Waals surface area contributed by atoms with E-state index in [-0.39, 0.29) is 19.4 Å². The van der Waals surface area contributed by atoms with Crippen molar-refractivity contribution < 1.29 is 24.6 Å². The molecule has 0 heterocycles. The van der Waals surface area contributed by atoms with Gasteiger partial charge in [0, 0.05) is 13.0 Å². The fourth-order valence-corrected chi connectivity index (χ4v) is 1.01. The molecule has 0 radical (unpaired) electrons. The van der Waals surface area contributed by atoms with Gasteiger partial charge in [0.05, 0.1) is 0 Å². The fourth-order valence-electron chi connectivity index (χ4n) is 1.01. The summed E-state index contributed by atoms with van der Waals surface area (Å²) >= 11 is 0. The molecule has 7 heteroatoms. The third-order valence-corrected chi connectivity index (χ3v) is 2.50. The number of carbonyl (C=O) groups excluding carboxylic acids is 1. The first kappa shape index (κ1) is 14.5. The highest BCUT2D eigenvalue weighted by atomic mass is 16.4. The molecule has 0 aliphatic heterocycles. The van der Waals surface area contributed by atoms with Crippen molar-refractivity contribution in [2.24, 2.45) is 16.9 Å². The molecule has 0 fully saturated rings. The van der Waals surface area contributed by atoms with Crippen LogP contribution in [0.25, 0.3) is 0 Å². The van der Waals surface area contributed by atoms with Gasteiger partial charge in [-0.3, -0.25) is 14.4 Å². The maximum Gasteiger partial charge on any atom is 0.320 e. The number of nitrogens with two attached hydrogens (primary N) is 2. The molecule has 7 nitrogen and oxygen atoms in total. The molecule has 0 saturated carbocycles. The first-order chi connectivity index (χ1) is 7.25. The van der Waals surface area contributed by atoms with Crippen molar-refractivity contribution in [3.63, 3.8) is 0 Å². The molecule has 0 saturated heterocycles. The van der Waals surface area contributed by atoms with E-state index in [0.29, 0.717) is 0 Å². The lowest BCUT2D eigenvalue weighted by molar-refractivity contribution is -0.153. The molecule has 0 aromatic carbocycles. The summed E-state index contributed by atoms with van der Waals surface area (Å²) in [6, 6.07) is -1.17. The van der Waals surface area contributed by atoms with E-state index in [9.17, 15) is 14.4 Å². The summed E-state index contributed by atoms with van der Waals surface area (Å²) in [5, 5.41) is 17.3. The Bertz CT molecular complexity index is 304. The first-order valence-electron chi connectivity index (χ1n) is 4.71. The van der Waals surface area contributed by atoms with Crippen LogP contribution in [0.3, 0.4) is 0 Å². The van der Waals surface area contributed by atoms with Gasteiger partial charge in [-0.2, -0.15) is 0 Å². The topological polar surface area (TPSA) is 144 Å². The van der Waals surface area contributed by atoms with Gasteiger partial charge in [0.25, 0.3) is 0 Å². The van der Waals surface area contributed by atoms with Crippen molar-refractivity contribution in [1.82, 2.24) is 0 Å². The number of Topliss-reactive ketones (excluding diaryl/α,β-unsaturated/α-hetero) is 1. The average Bonchev–Trinajstić information content (AvgIpc) is 2.23. The lowest BCUT2D eigenvalue weighted by Crippen LogP contribution is -2.43. The number of carbonyl (C=O) groups is 3. The van der Waals surface area contributed by atoms with Crippen molar-refractivity contribution in [3.8, 4) is 0 Å². The van der Waals surface area contributed by atoms with Gasteiger partial charge in [-0.15, -0.1) is 0 Å². The van der Waals surface area contributed by atoms with E-state index < -0.39 is 29.2 Å². The minimum atomic E-state index is -1.67. The van der Waals surface area contributed by atoms with Crippen LogP contribution in [0.4, 0.5) is 0 Å². The SMILES string of the molecule is CC(CN)(C(=O)O)C(=O)CC[C@H](N)C(=O)O. The quantitative estimate of drug-likeness (QED) is 0.403. The second-order valence-corrected chi connectivity index (χ2v) is 3.75. The summed E-state index contributed by atoms with van der Waals surface area (Å²) in [4.78, 5) is 32.8. The Balaban J connectivity index is 4.46. The van der Waals surface area contributed by atoms with Crippen LogP contribution in [0.2, 0.25) is 0 Å². The smallest absolute Gasteiger partial charge is 0.320 e. The van der Waals surface area contributed by atoms with Crippen LogP contribution in [0.1, 0.15) is 19.8 Å². The van der Waals surface area contributed by atoms with Gasteiger partial charge in [0.1, 0.15) is 11.5 Å². The van der Waals surface area contributed by atoms with Crippen LogP contribution in [0.15, 0.2) is 0 Å². The highest BCUT2D eigenvalue weighted by molar-refractivity contribution is 6.03. The third-order valence-electron chi connectivity index (χ3n) is 2.50. The van der Waals surface area contributed by atoms with Crippen LogP contribution in [-0.2, 0) is 14.4 Å². The maximum atomic E-state index is 11.6. The van der Waals surface area contributed by atoms with Crippen molar-refractivity contribution in [1.29, 1.82) is 0 Å². The minimum Gasteiger partial charge on any atom is -0.480 e. The molecule has 0 aromatic rings. The van der Waals surface area contributed by atoms with Gasteiger partial charge in [-0.05, 0) is 13.3 Å². The van der Waals surface area contributed by atoms with E-state index in [1.54, 1.807) is 0 Å². The van der Waals surface area contributed by atoms with Gasteiger partial charge in [0.15, 0.2) is 5.78 Å². The van der Waals surface area contributed by atoms with Crippen molar-refractivity contribution in [3.05, 3.63) is 0 Å². The van der Waals surface area contributed by atoms with E-state index in [1.807, 2.05) is 0 Å². The summed E-state index contributed by atoms with van der Waals surface area (Å²) in [5.41, 5.74) is 8.75. The van der Waals surface area contributed by atoms with E-state index in [2.05, 4.69) is 0 Å². The highest BCUT2D eigenvalue weighted by Gasteiger charge is 2.39. The number of aliphatic carboxylic acids is 2. The van der Waals surface area contributed by atoms with Crippen molar-refractivity contribution in [2.75, 3.05) is 6.54 Å². The monoisotopic (exact) mass is 232 g/mol. The highest BCUT2D eigenvalue weighted by Crippen LogP contribution is 2.19. The molecule has 0 aliphatic rings. The summed E-state index contributed by atoms with van der Waals surface area (Å²) in [6.45, 7) is 0.882. The largest absolute Gasteiger partial charge is 0.480 e. The predicted molar refractivity (Wildman–Crippen MR) is 54.6 cm³/mol. The van der Waals surface area contributed by atoms with E-state index in [1.165, 1.54) is 6.92 Å². The van der Waals surface area contributed by atoms with Gasteiger partial charge < -0.3 is 21.7 Å². The number of carboxylic acids is 2. The molecular formula is C9H16N2O5. The van der Waals surface area contributed by atoms with Crippen molar-refractivity contribution in [2.45, 2.75) is 25.8 Å². The Morgan fingerprint density at radius 3 is 2.12 bits per heavy atom. The summed E-state index contributed by atoms with van der Waals surface area (Å²) < 4.78 is 0. The fraction of sp³-hybridized carbons (Fsp3) is 0.667. The molecule has 1 unspecified atom stereocenters. The number of carboxylic acid groups (broad SMARTS) is 2. The Labute approximate surface area is 92.4 Å². The number of hydrogen-bond donors (Lipinski definition) is 4. The second-order valence-electron chi connectivity index (χ2n) is 3.75. The van der Waals surface area contributed by atoms with Crippen LogP contribution < -0.4 is 11.5 Å². The summed E-state index contributed by atoms with van der Waals surface area (Å²) in [6.07, 6.45) is -0.315. The van der Waals surface area contributed by atoms with Crippen LogP contribution in [-0.4, -0.2) is 40.5 Å². The molecular weight excluding hydrogens is 216 g/mol. The van der Waals surface area contributed by atoms with Crippen LogP contribution in [0, 0.1) is 5.41 Å². The zero-order valence-corrected chi connectivity index (χ0v) is 8.97. The molecule has 0 bridgehead atoms. The molecule has 0 amide bonds. The van der Waals surface area contributed by atoms with Crippen LogP contribution in [0.5, 0.6) is 0 Å². The number of hydrogen-bond acceptors (Lipinski definition) is 5.